The van der Waals surface area contributed by atoms with Gasteiger partial charge in [0.05, 0.1) is 17.8 Å². The molecule has 1 atom stereocenters. The van der Waals surface area contributed by atoms with Crippen LogP contribution in [-0.2, 0) is 23.4 Å². The Balaban J connectivity index is 1.19. The number of benzene rings is 1. The van der Waals surface area contributed by atoms with Crippen molar-refractivity contribution in [2.75, 3.05) is 31.6 Å². The number of urea groups is 1. The molecule has 3 aliphatic heterocycles. The van der Waals surface area contributed by atoms with Gasteiger partial charge in [0.1, 0.15) is 5.82 Å². The molecule has 4 heterocycles. The number of hydrogen-bond acceptors (Lipinski definition) is 6. The van der Waals surface area contributed by atoms with Gasteiger partial charge in [-0.3, -0.25) is 4.90 Å². The van der Waals surface area contributed by atoms with Gasteiger partial charge in [0.25, 0.3) is 0 Å². The van der Waals surface area contributed by atoms with E-state index in [-0.39, 0.29) is 17.9 Å². The van der Waals surface area contributed by atoms with Crippen molar-refractivity contribution < 1.29 is 13.9 Å². The second kappa shape index (κ2) is 9.46. The summed E-state index contributed by atoms with van der Waals surface area (Å²) in [5.74, 6) is 0.432. The van der Waals surface area contributed by atoms with Crippen LogP contribution in [0.1, 0.15) is 49.9 Å². The van der Waals surface area contributed by atoms with Crippen molar-refractivity contribution in [3.05, 3.63) is 53.1 Å². The summed E-state index contributed by atoms with van der Waals surface area (Å²) in [6.07, 6.45) is 4.58. The van der Waals surface area contributed by atoms with E-state index in [2.05, 4.69) is 20.5 Å². The zero-order valence-electron chi connectivity index (χ0n) is 19.9. The molecule has 0 radical (unpaired) electrons. The van der Waals surface area contributed by atoms with Gasteiger partial charge in [-0.05, 0) is 39.2 Å². The van der Waals surface area contributed by atoms with Gasteiger partial charge in [0, 0.05) is 62.3 Å². The fraction of sp³-hybridized carbons (Fsp3) is 0.560. The van der Waals surface area contributed by atoms with Gasteiger partial charge in [-0.2, -0.15) is 0 Å². The fourth-order valence-corrected chi connectivity index (χ4v) is 5.18. The summed E-state index contributed by atoms with van der Waals surface area (Å²) >= 11 is 0. The predicted octanol–water partition coefficient (Wildman–Crippen LogP) is 3.24. The zero-order chi connectivity index (χ0) is 23.7. The predicted molar refractivity (Wildman–Crippen MR) is 127 cm³/mol. The molecule has 5 rings (SSSR count). The van der Waals surface area contributed by atoms with E-state index in [1.165, 1.54) is 6.07 Å². The van der Waals surface area contributed by atoms with Gasteiger partial charge in [-0.1, -0.05) is 18.2 Å². The molecule has 1 aromatic heterocycles. The van der Waals surface area contributed by atoms with E-state index in [4.69, 9.17) is 9.72 Å². The Bertz CT molecular complexity index is 1040. The molecule has 0 spiro atoms. The molecule has 8 nitrogen and oxygen atoms in total. The zero-order valence-corrected chi connectivity index (χ0v) is 19.9. The highest BCUT2D eigenvalue weighted by Crippen LogP contribution is 2.38. The number of aromatic nitrogens is 2. The van der Waals surface area contributed by atoms with E-state index in [1.807, 2.05) is 37.1 Å². The second-order valence-corrected chi connectivity index (χ2v) is 9.99. The smallest absolute Gasteiger partial charge is 0.318 e. The summed E-state index contributed by atoms with van der Waals surface area (Å²) in [6, 6.07) is 7.12. The molecule has 2 N–H and O–H groups in total. The minimum absolute atomic E-state index is 0.0376. The lowest BCUT2D eigenvalue weighted by molar-refractivity contribution is 0.0903. The average molecular weight is 469 g/mol. The summed E-state index contributed by atoms with van der Waals surface area (Å²) in [5.41, 5.74) is 2.06. The van der Waals surface area contributed by atoms with Gasteiger partial charge in [0.2, 0.25) is 5.95 Å². The maximum atomic E-state index is 14.0. The molecule has 1 unspecified atom stereocenters. The minimum atomic E-state index is -0.498. The van der Waals surface area contributed by atoms with E-state index in [0.29, 0.717) is 37.2 Å². The molecule has 3 aliphatic rings. The SMILES string of the molecule is CC1(C)c2cnc(NC3CCOCC3)nc2CN1C(=O)NC1CCN(Cc2ccccc2F)C1. The van der Waals surface area contributed by atoms with Crippen LogP contribution in [0.4, 0.5) is 15.1 Å². The molecule has 34 heavy (non-hydrogen) atoms. The first kappa shape index (κ1) is 23.0. The van der Waals surface area contributed by atoms with Gasteiger partial charge in [0.15, 0.2) is 0 Å². The molecule has 1 aromatic carbocycles. The number of nitrogens with one attached hydrogen (secondary N) is 2. The van der Waals surface area contributed by atoms with Crippen LogP contribution in [0, 0.1) is 5.82 Å². The molecule has 182 valence electrons. The van der Waals surface area contributed by atoms with Crippen molar-refractivity contribution >= 4 is 12.0 Å². The molecule has 2 aromatic rings. The summed E-state index contributed by atoms with van der Waals surface area (Å²) < 4.78 is 19.4. The van der Waals surface area contributed by atoms with E-state index in [9.17, 15) is 9.18 Å². The van der Waals surface area contributed by atoms with Crippen molar-refractivity contribution in [1.82, 2.24) is 25.1 Å². The first-order chi connectivity index (χ1) is 16.4. The number of anilines is 1. The van der Waals surface area contributed by atoms with E-state index in [1.54, 1.807) is 6.07 Å². The normalized spacial score (nSPS) is 22.6. The van der Waals surface area contributed by atoms with Gasteiger partial charge < -0.3 is 20.3 Å². The van der Waals surface area contributed by atoms with Crippen molar-refractivity contribution in [2.24, 2.45) is 0 Å². The Labute approximate surface area is 199 Å². The number of carbonyl (C=O) groups excluding carboxylic acids is 1. The van der Waals surface area contributed by atoms with Crippen LogP contribution in [-0.4, -0.2) is 64.2 Å². The Morgan fingerprint density at radius 2 is 2.00 bits per heavy atom. The molecule has 9 heteroatoms. The van der Waals surface area contributed by atoms with Crippen molar-refractivity contribution in [2.45, 2.75) is 63.8 Å². The molecule has 2 saturated heterocycles. The van der Waals surface area contributed by atoms with Gasteiger partial charge in [-0.25, -0.2) is 19.2 Å². The maximum absolute atomic E-state index is 14.0. The lowest BCUT2D eigenvalue weighted by Crippen LogP contribution is -2.49. The van der Waals surface area contributed by atoms with Crippen LogP contribution in [0.5, 0.6) is 0 Å². The van der Waals surface area contributed by atoms with Crippen molar-refractivity contribution in [3.8, 4) is 0 Å². The summed E-state index contributed by atoms with van der Waals surface area (Å²) in [5, 5.41) is 6.61. The number of ether oxygens (including phenoxy) is 1. The van der Waals surface area contributed by atoms with E-state index < -0.39 is 5.54 Å². The first-order valence-electron chi connectivity index (χ1n) is 12.1. The van der Waals surface area contributed by atoms with Crippen LogP contribution in [0.15, 0.2) is 30.5 Å². The van der Waals surface area contributed by atoms with E-state index >= 15 is 0 Å². The number of carbonyl (C=O) groups is 1. The summed E-state index contributed by atoms with van der Waals surface area (Å²) in [6.45, 7) is 8.11. The Hall–Kier alpha value is -2.78. The third-order valence-corrected chi connectivity index (χ3v) is 7.26. The molecule has 0 saturated carbocycles. The highest BCUT2D eigenvalue weighted by molar-refractivity contribution is 5.76. The molecule has 2 fully saturated rings. The van der Waals surface area contributed by atoms with Gasteiger partial charge >= 0.3 is 6.03 Å². The maximum Gasteiger partial charge on any atom is 0.318 e. The molecule has 0 aliphatic carbocycles. The molecular formula is C25H33FN6O2. The number of nitrogens with zero attached hydrogens (tertiary/aromatic N) is 4. The average Bonchev–Trinajstić information content (AvgIpc) is 3.36. The third-order valence-electron chi connectivity index (χ3n) is 7.26. The Morgan fingerprint density at radius 3 is 2.79 bits per heavy atom. The number of likely N-dealkylation sites (tertiary alicyclic amines) is 1. The number of hydrogen-bond donors (Lipinski definition) is 2. The largest absolute Gasteiger partial charge is 0.381 e. The third kappa shape index (κ3) is 4.72. The molecule has 2 amide bonds. The quantitative estimate of drug-likeness (QED) is 0.701. The summed E-state index contributed by atoms with van der Waals surface area (Å²) in [7, 11) is 0. The number of fused-ring (bicyclic) bond motifs is 1. The van der Waals surface area contributed by atoms with Crippen LogP contribution < -0.4 is 10.6 Å². The highest BCUT2D eigenvalue weighted by atomic mass is 19.1. The minimum Gasteiger partial charge on any atom is -0.381 e. The molecule has 0 bridgehead atoms. The number of halogens is 1. The lowest BCUT2D eigenvalue weighted by Gasteiger charge is -2.33. The number of rotatable bonds is 5. The van der Waals surface area contributed by atoms with Crippen LogP contribution in [0.25, 0.3) is 0 Å². The summed E-state index contributed by atoms with van der Waals surface area (Å²) in [4.78, 5) is 26.6. The monoisotopic (exact) mass is 468 g/mol. The topological polar surface area (TPSA) is 82.6 Å². The van der Waals surface area contributed by atoms with E-state index in [0.717, 1.165) is 50.3 Å². The second-order valence-electron chi connectivity index (χ2n) is 9.99. The van der Waals surface area contributed by atoms with Crippen LogP contribution >= 0.6 is 0 Å². The highest BCUT2D eigenvalue weighted by Gasteiger charge is 2.42. The Morgan fingerprint density at radius 1 is 1.21 bits per heavy atom. The van der Waals surface area contributed by atoms with Crippen molar-refractivity contribution in [3.63, 3.8) is 0 Å². The van der Waals surface area contributed by atoms with Crippen LogP contribution in [0.3, 0.4) is 0 Å². The number of amides is 2. The first-order valence-corrected chi connectivity index (χ1v) is 12.1. The van der Waals surface area contributed by atoms with Crippen molar-refractivity contribution in [1.29, 1.82) is 0 Å². The van der Waals surface area contributed by atoms with Crippen LogP contribution in [0.2, 0.25) is 0 Å². The molecular weight excluding hydrogens is 435 g/mol. The van der Waals surface area contributed by atoms with Gasteiger partial charge in [-0.15, -0.1) is 0 Å². The fourth-order valence-electron chi connectivity index (χ4n) is 5.18. The Kier molecular flexibility index (Phi) is 6.40. The lowest BCUT2D eigenvalue weighted by atomic mass is 9.97. The standard InChI is InChI=1S/C25H33FN6O2/c1-25(2)20-13-27-23(28-18-8-11-34-12-9-18)30-22(20)16-32(25)24(33)29-19-7-10-31(15-19)14-17-5-3-4-6-21(17)26/h3-6,13,18-19H,7-12,14-16H2,1-2H3,(H,29,33)(H,27,28,30).